The van der Waals surface area contributed by atoms with E-state index >= 15 is 0 Å². The van der Waals surface area contributed by atoms with E-state index in [-0.39, 0.29) is 11.3 Å². The van der Waals surface area contributed by atoms with Gasteiger partial charge in [0.15, 0.2) is 12.4 Å². The number of hydrogen-bond acceptors (Lipinski definition) is 6. The molecule has 30 heavy (non-hydrogen) atoms. The highest BCUT2D eigenvalue weighted by molar-refractivity contribution is 6.03. The van der Waals surface area contributed by atoms with E-state index in [0.717, 1.165) is 5.56 Å². The summed E-state index contributed by atoms with van der Waals surface area (Å²) in [6.07, 6.45) is 1.39. The summed E-state index contributed by atoms with van der Waals surface area (Å²) in [6, 6.07) is 14.7. The average molecular weight is 408 g/mol. The first-order valence-corrected chi connectivity index (χ1v) is 9.03. The van der Waals surface area contributed by atoms with Crippen LogP contribution in [0.25, 0.3) is 0 Å². The number of nitrogens with one attached hydrogen (secondary N) is 2. The van der Waals surface area contributed by atoms with Crippen LogP contribution in [0.3, 0.4) is 0 Å². The molecule has 0 aliphatic rings. The van der Waals surface area contributed by atoms with Gasteiger partial charge in [0.1, 0.15) is 5.75 Å². The Bertz CT molecular complexity index is 1060. The number of methoxy groups -OCH3 is 1. The van der Waals surface area contributed by atoms with Gasteiger partial charge >= 0.3 is 5.97 Å². The number of carbonyl (C=O) groups is 3. The molecular formula is C22H20N2O6. The standard InChI is InChI=1S/C22H20N2O6/c1-14-9-10-15(12-17(14)24-21(26)19-8-5-11-29-19)22(27)30-13-20(25)23-16-6-3-4-7-18(16)28-2/h3-12H,13H2,1-2H3,(H,23,25)(H,24,26). The molecule has 0 unspecified atom stereocenters. The van der Waals surface area contributed by atoms with Gasteiger partial charge in [-0.1, -0.05) is 18.2 Å². The molecule has 0 radical (unpaired) electrons. The highest BCUT2D eigenvalue weighted by Gasteiger charge is 2.15. The van der Waals surface area contributed by atoms with Crippen LogP contribution in [0, 0.1) is 6.92 Å². The summed E-state index contributed by atoms with van der Waals surface area (Å²) in [5, 5.41) is 5.31. The van der Waals surface area contributed by atoms with E-state index in [2.05, 4.69) is 10.6 Å². The predicted octanol–water partition coefficient (Wildman–Crippen LogP) is 3.64. The molecule has 0 saturated carbocycles. The van der Waals surface area contributed by atoms with Crippen LogP contribution in [0.2, 0.25) is 0 Å². The number of furan rings is 1. The minimum absolute atomic E-state index is 0.149. The third-order valence-corrected chi connectivity index (χ3v) is 4.18. The SMILES string of the molecule is COc1ccccc1NC(=O)COC(=O)c1ccc(C)c(NC(=O)c2ccco2)c1. The Balaban J connectivity index is 1.61. The molecule has 8 heteroatoms. The largest absolute Gasteiger partial charge is 0.495 e. The summed E-state index contributed by atoms with van der Waals surface area (Å²) in [6.45, 7) is 1.31. The number of hydrogen-bond donors (Lipinski definition) is 2. The number of anilines is 2. The number of aryl methyl sites for hydroxylation is 1. The third-order valence-electron chi connectivity index (χ3n) is 4.18. The van der Waals surface area contributed by atoms with Crippen molar-refractivity contribution in [3.05, 3.63) is 77.7 Å². The molecule has 3 rings (SSSR count). The van der Waals surface area contributed by atoms with Crippen LogP contribution < -0.4 is 15.4 Å². The van der Waals surface area contributed by atoms with Gasteiger partial charge in [-0.15, -0.1) is 0 Å². The zero-order valence-electron chi connectivity index (χ0n) is 16.4. The van der Waals surface area contributed by atoms with Crippen LogP contribution in [-0.2, 0) is 9.53 Å². The number of benzene rings is 2. The highest BCUT2D eigenvalue weighted by atomic mass is 16.5. The molecule has 154 valence electrons. The van der Waals surface area contributed by atoms with Crippen molar-refractivity contribution in [3.63, 3.8) is 0 Å². The van der Waals surface area contributed by atoms with E-state index in [9.17, 15) is 14.4 Å². The first kappa shape index (κ1) is 20.7. The number of carbonyl (C=O) groups excluding carboxylic acids is 3. The Morgan fingerprint density at radius 2 is 1.77 bits per heavy atom. The maximum absolute atomic E-state index is 12.3. The molecule has 0 aliphatic heterocycles. The smallest absolute Gasteiger partial charge is 0.338 e. The maximum atomic E-state index is 12.3. The van der Waals surface area contributed by atoms with Crippen molar-refractivity contribution in [1.29, 1.82) is 0 Å². The molecule has 3 aromatic rings. The van der Waals surface area contributed by atoms with Gasteiger partial charge in [-0.2, -0.15) is 0 Å². The van der Waals surface area contributed by atoms with Crippen molar-refractivity contribution in [3.8, 4) is 5.75 Å². The van der Waals surface area contributed by atoms with E-state index in [0.29, 0.717) is 17.1 Å². The van der Waals surface area contributed by atoms with E-state index in [1.54, 1.807) is 49.4 Å². The number of rotatable bonds is 7. The Hall–Kier alpha value is -4.07. The summed E-state index contributed by atoms with van der Waals surface area (Å²) >= 11 is 0. The van der Waals surface area contributed by atoms with Crippen molar-refractivity contribution in [1.82, 2.24) is 0 Å². The summed E-state index contributed by atoms with van der Waals surface area (Å²) < 4.78 is 15.3. The highest BCUT2D eigenvalue weighted by Crippen LogP contribution is 2.23. The van der Waals surface area contributed by atoms with E-state index in [1.165, 1.54) is 25.5 Å². The lowest BCUT2D eigenvalue weighted by Crippen LogP contribution is -2.21. The third kappa shape index (κ3) is 5.05. The molecule has 0 aliphatic carbocycles. The normalized spacial score (nSPS) is 10.2. The van der Waals surface area contributed by atoms with Gasteiger partial charge < -0.3 is 24.5 Å². The van der Waals surface area contributed by atoms with Crippen molar-refractivity contribution in [2.45, 2.75) is 6.92 Å². The molecular weight excluding hydrogens is 388 g/mol. The number of ether oxygens (including phenoxy) is 2. The Morgan fingerprint density at radius 3 is 2.50 bits per heavy atom. The molecule has 1 aromatic heterocycles. The minimum Gasteiger partial charge on any atom is -0.495 e. The summed E-state index contributed by atoms with van der Waals surface area (Å²) in [5.74, 6) is -1.00. The molecule has 0 bridgehead atoms. The lowest BCUT2D eigenvalue weighted by atomic mass is 10.1. The van der Waals surface area contributed by atoms with Crippen LogP contribution >= 0.6 is 0 Å². The monoisotopic (exact) mass is 408 g/mol. The Kier molecular flexibility index (Phi) is 6.49. The van der Waals surface area contributed by atoms with E-state index < -0.39 is 24.4 Å². The maximum Gasteiger partial charge on any atom is 0.338 e. The summed E-state index contributed by atoms with van der Waals surface area (Å²) in [5.41, 5.74) is 1.85. The lowest BCUT2D eigenvalue weighted by Gasteiger charge is -2.11. The van der Waals surface area contributed by atoms with Gasteiger partial charge in [0.2, 0.25) is 0 Å². The van der Waals surface area contributed by atoms with Crippen molar-refractivity contribution >= 4 is 29.2 Å². The quantitative estimate of drug-likeness (QED) is 0.578. The summed E-state index contributed by atoms with van der Waals surface area (Å²) in [4.78, 5) is 36.6. The number of para-hydroxylation sites is 2. The average Bonchev–Trinajstić information content (AvgIpc) is 3.29. The molecule has 0 atom stereocenters. The molecule has 0 fully saturated rings. The topological polar surface area (TPSA) is 107 Å². The van der Waals surface area contributed by atoms with Crippen LogP contribution in [0.4, 0.5) is 11.4 Å². The zero-order chi connectivity index (χ0) is 21.5. The van der Waals surface area contributed by atoms with Crippen LogP contribution in [0.15, 0.2) is 65.3 Å². The molecule has 2 amide bonds. The first-order valence-electron chi connectivity index (χ1n) is 9.03. The molecule has 0 spiro atoms. The second-order valence-corrected chi connectivity index (χ2v) is 6.29. The predicted molar refractivity (Wildman–Crippen MR) is 110 cm³/mol. The Labute approximate surface area is 172 Å². The van der Waals surface area contributed by atoms with Crippen LogP contribution in [0.5, 0.6) is 5.75 Å². The fourth-order valence-electron chi connectivity index (χ4n) is 2.62. The first-order chi connectivity index (χ1) is 14.5. The van der Waals surface area contributed by atoms with E-state index in [4.69, 9.17) is 13.9 Å². The van der Waals surface area contributed by atoms with Gasteiger partial charge in [-0.05, 0) is 48.9 Å². The second kappa shape index (κ2) is 9.42. The fourth-order valence-corrected chi connectivity index (χ4v) is 2.62. The lowest BCUT2D eigenvalue weighted by molar-refractivity contribution is -0.119. The molecule has 8 nitrogen and oxygen atoms in total. The molecule has 1 heterocycles. The van der Waals surface area contributed by atoms with E-state index in [1.807, 2.05) is 0 Å². The van der Waals surface area contributed by atoms with Crippen molar-refractivity contribution in [2.24, 2.45) is 0 Å². The van der Waals surface area contributed by atoms with Gasteiger partial charge in [-0.25, -0.2) is 4.79 Å². The fraction of sp³-hybridized carbons (Fsp3) is 0.136. The molecule has 0 saturated heterocycles. The van der Waals surface area contributed by atoms with Gasteiger partial charge in [0.05, 0.1) is 24.6 Å². The minimum atomic E-state index is -0.696. The number of esters is 1. The van der Waals surface area contributed by atoms with Crippen LogP contribution in [0.1, 0.15) is 26.5 Å². The van der Waals surface area contributed by atoms with Crippen LogP contribution in [-0.4, -0.2) is 31.5 Å². The second-order valence-electron chi connectivity index (χ2n) is 6.29. The summed E-state index contributed by atoms with van der Waals surface area (Å²) in [7, 11) is 1.49. The van der Waals surface area contributed by atoms with Crippen molar-refractivity contribution < 1.29 is 28.3 Å². The van der Waals surface area contributed by atoms with Gasteiger partial charge in [-0.3, -0.25) is 9.59 Å². The molecule has 2 aromatic carbocycles. The van der Waals surface area contributed by atoms with Gasteiger partial charge in [0, 0.05) is 5.69 Å². The molecule has 2 N–H and O–H groups in total. The zero-order valence-corrected chi connectivity index (χ0v) is 16.4. The number of amides is 2. The Morgan fingerprint density at radius 1 is 0.967 bits per heavy atom. The van der Waals surface area contributed by atoms with Crippen molar-refractivity contribution in [2.75, 3.05) is 24.4 Å². The van der Waals surface area contributed by atoms with Gasteiger partial charge in [0.25, 0.3) is 11.8 Å².